The van der Waals surface area contributed by atoms with E-state index in [9.17, 15) is 18.8 Å². The number of ether oxygens (including phenoxy) is 2. The molecule has 0 spiro atoms. The van der Waals surface area contributed by atoms with E-state index in [2.05, 4.69) is 4.74 Å². The Bertz CT molecular complexity index is 535. The largest absolute Gasteiger partial charge is 0.453 e. The average Bonchev–Trinajstić information content (AvgIpc) is 2.49. The molecule has 2 amide bonds. The molecule has 8 heteroatoms. The standard InChI is InChI=1S/C14H16FNO5S/c1-9(13(18)16-14(19)20-2)21-12(17)7-8-22-11-5-3-10(15)4-6-11/h3-6,9H,7-8H2,1-2H3,(H,16,18,19)/t9-/m0/s1. The number of alkyl carbamates (subject to hydrolysis) is 1. The number of hydrogen-bond acceptors (Lipinski definition) is 6. The molecule has 1 atom stereocenters. The lowest BCUT2D eigenvalue weighted by Crippen LogP contribution is -2.39. The lowest BCUT2D eigenvalue weighted by molar-refractivity contribution is -0.154. The predicted molar refractivity (Wildman–Crippen MR) is 77.8 cm³/mol. The topological polar surface area (TPSA) is 81.7 Å². The highest BCUT2D eigenvalue weighted by Crippen LogP contribution is 2.19. The number of rotatable bonds is 6. The Kier molecular flexibility index (Phi) is 7.38. The fourth-order valence-corrected chi connectivity index (χ4v) is 2.18. The molecule has 1 N–H and O–H groups in total. The second kappa shape index (κ2) is 9.04. The maximum atomic E-state index is 12.7. The number of thioether (sulfide) groups is 1. The highest BCUT2D eigenvalue weighted by Gasteiger charge is 2.19. The van der Waals surface area contributed by atoms with Gasteiger partial charge in [-0.05, 0) is 31.2 Å². The molecule has 0 heterocycles. The first kappa shape index (κ1) is 18.0. The second-order valence-electron chi connectivity index (χ2n) is 4.17. The smallest absolute Gasteiger partial charge is 0.413 e. The summed E-state index contributed by atoms with van der Waals surface area (Å²) in [6.45, 7) is 1.35. The third kappa shape index (κ3) is 6.57. The van der Waals surface area contributed by atoms with Gasteiger partial charge in [0.1, 0.15) is 5.82 Å². The van der Waals surface area contributed by atoms with Crippen molar-refractivity contribution in [3.05, 3.63) is 30.1 Å². The molecule has 120 valence electrons. The minimum Gasteiger partial charge on any atom is -0.453 e. The highest BCUT2D eigenvalue weighted by molar-refractivity contribution is 7.99. The first-order valence-corrected chi connectivity index (χ1v) is 7.37. The van der Waals surface area contributed by atoms with Gasteiger partial charge < -0.3 is 9.47 Å². The van der Waals surface area contributed by atoms with Crippen molar-refractivity contribution in [2.75, 3.05) is 12.9 Å². The molecule has 0 unspecified atom stereocenters. The van der Waals surface area contributed by atoms with Crippen LogP contribution in [0.15, 0.2) is 29.2 Å². The van der Waals surface area contributed by atoms with E-state index in [1.54, 1.807) is 12.1 Å². The fourth-order valence-electron chi connectivity index (χ4n) is 1.35. The number of imide groups is 1. The number of nitrogens with one attached hydrogen (secondary N) is 1. The highest BCUT2D eigenvalue weighted by atomic mass is 32.2. The van der Waals surface area contributed by atoms with Crippen LogP contribution in [0.5, 0.6) is 0 Å². The van der Waals surface area contributed by atoms with Gasteiger partial charge in [0, 0.05) is 10.6 Å². The number of benzene rings is 1. The molecule has 0 radical (unpaired) electrons. The molecule has 0 aliphatic heterocycles. The summed E-state index contributed by atoms with van der Waals surface area (Å²) in [5.74, 6) is -1.22. The lowest BCUT2D eigenvalue weighted by atomic mass is 10.3. The summed E-state index contributed by atoms with van der Waals surface area (Å²) in [4.78, 5) is 34.7. The molecule has 1 aromatic rings. The third-order valence-corrected chi connectivity index (χ3v) is 3.49. The van der Waals surface area contributed by atoms with E-state index in [1.165, 1.54) is 30.8 Å². The quantitative estimate of drug-likeness (QED) is 0.636. The Morgan fingerprint density at radius 2 is 1.91 bits per heavy atom. The van der Waals surface area contributed by atoms with Crippen molar-refractivity contribution in [3.63, 3.8) is 0 Å². The molecule has 0 aliphatic carbocycles. The van der Waals surface area contributed by atoms with E-state index in [4.69, 9.17) is 4.74 Å². The molecular formula is C14H16FNO5S. The summed E-state index contributed by atoms with van der Waals surface area (Å²) in [6.07, 6.45) is -1.93. The maximum Gasteiger partial charge on any atom is 0.413 e. The molecule has 22 heavy (non-hydrogen) atoms. The van der Waals surface area contributed by atoms with E-state index in [0.29, 0.717) is 5.75 Å². The van der Waals surface area contributed by atoms with Crippen molar-refractivity contribution in [1.29, 1.82) is 0 Å². The zero-order valence-corrected chi connectivity index (χ0v) is 12.9. The zero-order valence-electron chi connectivity index (χ0n) is 12.1. The molecule has 1 rings (SSSR count). The molecule has 0 bridgehead atoms. The predicted octanol–water partition coefficient (Wildman–Crippen LogP) is 2.12. The van der Waals surface area contributed by atoms with Gasteiger partial charge in [-0.15, -0.1) is 11.8 Å². The van der Waals surface area contributed by atoms with Gasteiger partial charge in [0.15, 0.2) is 6.10 Å². The van der Waals surface area contributed by atoms with Crippen LogP contribution in [0.3, 0.4) is 0 Å². The van der Waals surface area contributed by atoms with Gasteiger partial charge in [0.05, 0.1) is 13.5 Å². The van der Waals surface area contributed by atoms with Crippen LogP contribution in [-0.4, -0.2) is 36.9 Å². The molecular weight excluding hydrogens is 313 g/mol. The van der Waals surface area contributed by atoms with Crippen molar-refractivity contribution >= 4 is 29.7 Å². The number of amides is 2. The van der Waals surface area contributed by atoms with Gasteiger partial charge in [0.25, 0.3) is 5.91 Å². The van der Waals surface area contributed by atoms with Gasteiger partial charge in [-0.2, -0.15) is 0 Å². The Labute approximate surface area is 131 Å². The van der Waals surface area contributed by atoms with Crippen molar-refractivity contribution in [3.8, 4) is 0 Å². The zero-order chi connectivity index (χ0) is 16.5. The summed E-state index contributed by atoms with van der Waals surface area (Å²) in [7, 11) is 1.12. The third-order valence-electron chi connectivity index (χ3n) is 2.48. The van der Waals surface area contributed by atoms with Gasteiger partial charge in [0.2, 0.25) is 0 Å². The molecule has 6 nitrogen and oxygen atoms in total. The molecule has 0 aromatic heterocycles. The van der Waals surface area contributed by atoms with Crippen molar-refractivity contribution in [2.45, 2.75) is 24.3 Å². The average molecular weight is 329 g/mol. The Morgan fingerprint density at radius 1 is 1.27 bits per heavy atom. The van der Waals surface area contributed by atoms with Crippen LogP contribution < -0.4 is 5.32 Å². The number of carbonyl (C=O) groups is 3. The molecule has 0 saturated heterocycles. The molecule has 1 aromatic carbocycles. The second-order valence-corrected chi connectivity index (χ2v) is 5.33. The van der Waals surface area contributed by atoms with E-state index in [1.807, 2.05) is 5.32 Å². The number of halogens is 1. The van der Waals surface area contributed by atoms with E-state index in [0.717, 1.165) is 12.0 Å². The van der Waals surface area contributed by atoms with Crippen molar-refractivity contribution in [2.24, 2.45) is 0 Å². The summed E-state index contributed by atoms with van der Waals surface area (Å²) in [6, 6.07) is 5.88. The normalized spacial score (nSPS) is 11.4. The molecule has 0 saturated carbocycles. The first-order chi connectivity index (χ1) is 10.4. The van der Waals surface area contributed by atoms with Crippen molar-refractivity contribution < 1.29 is 28.2 Å². The maximum absolute atomic E-state index is 12.7. The van der Waals surface area contributed by atoms with Crippen LogP contribution in [0.4, 0.5) is 9.18 Å². The minimum absolute atomic E-state index is 0.0812. The van der Waals surface area contributed by atoms with E-state index >= 15 is 0 Å². The van der Waals surface area contributed by atoms with Crippen molar-refractivity contribution in [1.82, 2.24) is 5.32 Å². The Hall–Kier alpha value is -2.09. The Balaban J connectivity index is 2.29. The number of carbonyl (C=O) groups excluding carboxylic acids is 3. The van der Waals surface area contributed by atoms with Crippen LogP contribution in [0.2, 0.25) is 0 Å². The van der Waals surface area contributed by atoms with Crippen LogP contribution in [-0.2, 0) is 19.1 Å². The summed E-state index contributed by atoms with van der Waals surface area (Å²) >= 11 is 1.37. The van der Waals surface area contributed by atoms with E-state index in [-0.39, 0.29) is 12.2 Å². The van der Waals surface area contributed by atoms with Gasteiger partial charge >= 0.3 is 12.1 Å². The summed E-state index contributed by atoms with van der Waals surface area (Å²) in [5.41, 5.74) is 0. The SMILES string of the molecule is COC(=O)NC(=O)[C@H](C)OC(=O)CCSc1ccc(F)cc1. The minimum atomic E-state index is -1.09. The van der Waals surface area contributed by atoms with E-state index < -0.39 is 24.1 Å². The van der Waals surface area contributed by atoms with Gasteiger partial charge in [-0.25, -0.2) is 9.18 Å². The van der Waals surface area contributed by atoms with Crippen LogP contribution in [0, 0.1) is 5.82 Å². The first-order valence-electron chi connectivity index (χ1n) is 6.39. The number of hydrogen-bond donors (Lipinski definition) is 1. The molecule has 0 aliphatic rings. The summed E-state index contributed by atoms with van der Waals surface area (Å²) in [5, 5.41) is 1.90. The van der Waals surface area contributed by atoms with Crippen LogP contribution >= 0.6 is 11.8 Å². The number of methoxy groups -OCH3 is 1. The monoisotopic (exact) mass is 329 g/mol. The van der Waals surface area contributed by atoms with Crippen LogP contribution in [0.25, 0.3) is 0 Å². The van der Waals surface area contributed by atoms with Gasteiger partial charge in [-0.3, -0.25) is 14.9 Å². The lowest BCUT2D eigenvalue weighted by Gasteiger charge is -2.12. The summed E-state index contributed by atoms with van der Waals surface area (Å²) < 4.78 is 21.9. The van der Waals surface area contributed by atoms with Gasteiger partial charge in [-0.1, -0.05) is 0 Å². The fraction of sp³-hybridized carbons (Fsp3) is 0.357. The number of esters is 1. The van der Waals surface area contributed by atoms with Crippen LogP contribution in [0.1, 0.15) is 13.3 Å². The molecule has 0 fully saturated rings. The Morgan fingerprint density at radius 3 is 2.50 bits per heavy atom.